The number of ether oxygens (including phenoxy) is 8. The van der Waals surface area contributed by atoms with Crippen LogP contribution < -0.4 is 0 Å². The number of allylic oxidation sites excluding steroid dienone is 1. The van der Waals surface area contributed by atoms with Crippen molar-refractivity contribution in [3.8, 4) is 0 Å². The van der Waals surface area contributed by atoms with Crippen molar-refractivity contribution >= 4 is 0 Å². The second kappa shape index (κ2) is 17.6. The molecule has 11 N–H and O–H groups in total. The van der Waals surface area contributed by atoms with Crippen LogP contribution in [-0.2, 0) is 37.9 Å². The zero-order chi connectivity index (χ0) is 45.9. The van der Waals surface area contributed by atoms with Gasteiger partial charge >= 0.3 is 0 Å². The molecule has 3 saturated carbocycles. The van der Waals surface area contributed by atoms with Crippen molar-refractivity contribution in [1.82, 2.24) is 0 Å². The summed E-state index contributed by atoms with van der Waals surface area (Å²) in [7, 11) is 0. The third-order valence-electron chi connectivity index (χ3n) is 17.6. The quantitative estimate of drug-likeness (QED) is 0.118. The highest BCUT2D eigenvalue weighted by Crippen LogP contribution is 2.70. The van der Waals surface area contributed by atoms with Crippen molar-refractivity contribution in [3.63, 3.8) is 0 Å². The molecule has 0 aromatic heterocycles. The molecule has 0 aromatic rings. The SMILES string of the molecule is C=C1CC[C@@]2(OC1)O[C@H]1C[C@H]3[C@@H]4CC=C5C[C@@H](O[C@@H]6O[C@H](CO)[C@H](O[C@@H]7O[C@H](CO)[C@@H](O)[C@H](O)[C@H]7O)[C@H](O)[C@H]6O[C@@H]6O[C@@H](C)[C@H](O)[C@@H](O)[C@H]6O)[C@H](O)[C@@H](O)[C@]5(C)[C@H]4CC[C@]3(C)[C@H]1[C@@H]2C. The maximum Gasteiger partial charge on any atom is 0.187 e. The summed E-state index contributed by atoms with van der Waals surface area (Å²) in [6.07, 6.45) is -21.0. The summed E-state index contributed by atoms with van der Waals surface area (Å²) < 4.78 is 49.1. The first-order valence-corrected chi connectivity index (χ1v) is 23.2. The van der Waals surface area contributed by atoms with Crippen molar-refractivity contribution in [1.29, 1.82) is 0 Å². The van der Waals surface area contributed by atoms with Crippen LogP contribution in [0.25, 0.3) is 0 Å². The van der Waals surface area contributed by atoms with Crippen LogP contribution in [0.15, 0.2) is 23.8 Å². The number of aliphatic hydroxyl groups excluding tert-OH is 11. The van der Waals surface area contributed by atoms with Gasteiger partial charge in [0.2, 0.25) is 0 Å². The van der Waals surface area contributed by atoms with E-state index >= 15 is 0 Å². The van der Waals surface area contributed by atoms with E-state index in [0.717, 1.165) is 49.7 Å². The average molecular weight is 915 g/mol. The average Bonchev–Trinajstić information content (AvgIpc) is 3.72. The van der Waals surface area contributed by atoms with E-state index in [1.54, 1.807) is 0 Å². The summed E-state index contributed by atoms with van der Waals surface area (Å²) in [6, 6.07) is 0. The highest BCUT2D eigenvalue weighted by atomic mass is 16.8. The number of aliphatic hydroxyl groups is 11. The van der Waals surface area contributed by atoms with Crippen LogP contribution in [0, 0.1) is 40.4 Å². The van der Waals surface area contributed by atoms with E-state index in [1.165, 1.54) is 6.92 Å². The van der Waals surface area contributed by atoms with Crippen LogP contribution in [0.2, 0.25) is 0 Å². The van der Waals surface area contributed by atoms with Gasteiger partial charge in [-0.3, -0.25) is 0 Å². The fourth-order valence-electron chi connectivity index (χ4n) is 13.9. The maximum absolute atomic E-state index is 12.3. The molecule has 19 heteroatoms. The Morgan fingerprint density at radius 1 is 0.719 bits per heavy atom. The van der Waals surface area contributed by atoms with E-state index in [1.807, 2.05) is 6.92 Å². The van der Waals surface area contributed by atoms with Gasteiger partial charge in [-0.25, -0.2) is 0 Å². The van der Waals surface area contributed by atoms with Gasteiger partial charge < -0.3 is 94.1 Å². The van der Waals surface area contributed by atoms with Gasteiger partial charge in [0, 0.05) is 17.8 Å². The summed E-state index contributed by atoms with van der Waals surface area (Å²) in [5.41, 5.74) is 1.19. The molecule has 0 unspecified atom stereocenters. The van der Waals surface area contributed by atoms with E-state index in [2.05, 4.69) is 26.5 Å². The Hall–Kier alpha value is -1.28. The summed E-state index contributed by atoms with van der Waals surface area (Å²) in [4.78, 5) is 0. The van der Waals surface area contributed by atoms with E-state index < -0.39 is 135 Å². The minimum atomic E-state index is -1.89. The number of hydrogen-bond donors (Lipinski definition) is 11. The first-order chi connectivity index (χ1) is 30.3. The Balaban J connectivity index is 0.952. The molecule has 364 valence electrons. The van der Waals surface area contributed by atoms with Crippen molar-refractivity contribution < 1.29 is 94.1 Å². The lowest BCUT2D eigenvalue weighted by Crippen LogP contribution is -2.67. The fraction of sp³-hybridized carbons (Fsp3) is 0.911. The number of rotatable bonds is 8. The van der Waals surface area contributed by atoms with Gasteiger partial charge in [0.05, 0.1) is 44.2 Å². The largest absolute Gasteiger partial charge is 0.394 e. The van der Waals surface area contributed by atoms with Crippen molar-refractivity contribution in [2.75, 3.05) is 19.8 Å². The highest BCUT2D eigenvalue weighted by Gasteiger charge is 2.70. The first kappa shape index (κ1) is 47.8. The summed E-state index contributed by atoms with van der Waals surface area (Å²) >= 11 is 0. The smallest absolute Gasteiger partial charge is 0.187 e. The lowest BCUT2D eigenvalue weighted by Gasteiger charge is -2.60. The Kier molecular flexibility index (Phi) is 13.1. The number of fused-ring (bicyclic) bond motifs is 7. The second-order valence-electron chi connectivity index (χ2n) is 20.8. The Labute approximate surface area is 372 Å². The second-order valence-corrected chi connectivity index (χ2v) is 20.8. The topological polar surface area (TPSA) is 296 Å². The van der Waals surface area contributed by atoms with Crippen LogP contribution in [0.1, 0.15) is 72.6 Å². The van der Waals surface area contributed by atoms with Gasteiger partial charge in [0.1, 0.15) is 73.2 Å². The molecule has 0 radical (unpaired) electrons. The Bertz CT molecular complexity index is 1720. The molecular formula is C45H70O19. The van der Waals surface area contributed by atoms with Crippen molar-refractivity contribution in [2.24, 2.45) is 40.4 Å². The molecular weight excluding hydrogens is 844 g/mol. The minimum absolute atomic E-state index is 0.00148. The maximum atomic E-state index is 12.3. The molecule has 19 nitrogen and oxygen atoms in total. The third kappa shape index (κ3) is 7.43. The number of hydrogen-bond acceptors (Lipinski definition) is 19. The molecule has 0 bridgehead atoms. The highest BCUT2D eigenvalue weighted by molar-refractivity contribution is 5.30. The zero-order valence-corrected chi connectivity index (χ0v) is 36.9. The van der Waals surface area contributed by atoms with Crippen LogP contribution in [0.4, 0.5) is 0 Å². The molecule has 27 atom stereocenters. The van der Waals surface area contributed by atoms with Gasteiger partial charge in [0.25, 0.3) is 0 Å². The first-order valence-electron chi connectivity index (χ1n) is 23.2. The monoisotopic (exact) mass is 914 g/mol. The molecule has 9 aliphatic rings. The van der Waals surface area contributed by atoms with Gasteiger partial charge in [-0.05, 0) is 74.5 Å². The predicted octanol–water partition coefficient (Wildman–Crippen LogP) is -1.92. The standard InChI is InChI=1S/C45H70O19/c1-17-8-11-45(57-16-17)18(2)28-24(64-45)13-23-21-7-6-20-12-25(31(50)39(56)44(20,5)22(21)9-10-43(23,28)4)59-42-38(63-40-34(53)32(51)29(48)19(3)58-40)36(55)37(27(15-47)61-42)62-41-35(54)33(52)30(49)26(14-46)60-41/h6,18-19,21-42,46-56H,1,7-16H2,2-5H3/t18-,19-,21+,22-,23-,24-,25+,26+,27+,28-,29-,30+,31-,32+,33-,34+,35+,36-,37-,38+,39+,40-,41-,42+,43-,44-,45+/m0/s1. The van der Waals surface area contributed by atoms with E-state index in [0.29, 0.717) is 18.4 Å². The molecule has 9 rings (SSSR count). The van der Waals surface area contributed by atoms with Crippen LogP contribution in [-0.4, -0.2) is 198 Å². The Morgan fingerprint density at radius 2 is 1.38 bits per heavy atom. The van der Waals surface area contributed by atoms with Gasteiger partial charge in [-0.1, -0.05) is 44.6 Å². The van der Waals surface area contributed by atoms with Gasteiger partial charge in [-0.15, -0.1) is 0 Å². The van der Waals surface area contributed by atoms with Crippen molar-refractivity contribution in [3.05, 3.63) is 23.8 Å². The van der Waals surface area contributed by atoms with E-state index in [9.17, 15) is 56.2 Å². The van der Waals surface area contributed by atoms with E-state index in [-0.39, 0.29) is 35.7 Å². The molecule has 4 aliphatic carbocycles. The van der Waals surface area contributed by atoms with Gasteiger partial charge in [0.15, 0.2) is 24.7 Å². The normalized spacial score (nSPS) is 57.4. The van der Waals surface area contributed by atoms with Crippen LogP contribution in [0.3, 0.4) is 0 Å². The van der Waals surface area contributed by atoms with E-state index in [4.69, 9.17) is 37.9 Å². The molecule has 64 heavy (non-hydrogen) atoms. The molecule has 8 fully saturated rings. The fourth-order valence-corrected chi connectivity index (χ4v) is 13.9. The summed E-state index contributed by atoms with van der Waals surface area (Å²) in [5, 5.41) is 120. The molecule has 5 heterocycles. The Morgan fingerprint density at radius 3 is 2.05 bits per heavy atom. The van der Waals surface area contributed by atoms with Crippen molar-refractivity contribution in [2.45, 2.75) is 195 Å². The molecule has 1 spiro atoms. The summed E-state index contributed by atoms with van der Waals surface area (Å²) in [6.45, 7) is 11.2. The zero-order valence-electron chi connectivity index (χ0n) is 36.9. The lowest BCUT2D eigenvalue weighted by atomic mass is 9.46. The molecule has 5 aliphatic heterocycles. The van der Waals surface area contributed by atoms with Crippen LogP contribution in [0.5, 0.6) is 0 Å². The molecule has 5 saturated heterocycles. The minimum Gasteiger partial charge on any atom is -0.394 e. The summed E-state index contributed by atoms with van der Waals surface area (Å²) in [5.74, 6) is 0.555. The lowest BCUT2D eigenvalue weighted by molar-refractivity contribution is -0.392. The molecule has 0 aromatic carbocycles. The molecule has 0 amide bonds. The predicted molar refractivity (Wildman–Crippen MR) is 217 cm³/mol. The van der Waals surface area contributed by atoms with Gasteiger partial charge in [-0.2, -0.15) is 0 Å². The third-order valence-corrected chi connectivity index (χ3v) is 17.6. The van der Waals surface area contributed by atoms with Crippen LogP contribution >= 0.6 is 0 Å².